The molecule has 1 N–H and O–H groups in total. The lowest BCUT2D eigenvalue weighted by Crippen LogP contribution is -2.45. The minimum Gasteiger partial charge on any atom is -0.496 e. The van der Waals surface area contributed by atoms with E-state index in [2.05, 4.69) is 24.1 Å². The standard InChI is InChI=1S/C19H31N3O3.HI/c1-6-20-19(22-9-7-14(2)8-10-22)21-13-16-17(24-4)11-15(23-3)12-18(16)25-5;/h11-12,14H,6-10,13H2,1-5H3,(H,20,21);1H. The van der Waals surface area contributed by atoms with Crippen LogP contribution in [-0.4, -0.2) is 51.8 Å². The number of aliphatic imine (C=N–C) groups is 1. The van der Waals surface area contributed by atoms with Gasteiger partial charge in [0.2, 0.25) is 0 Å². The molecule has 0 aromatic heterocycles. The summed E-state index contributed by atoms with van der Waals surface area (Å²) in [6, 6.07) is 3.73. The Morgan fingerprint density at radius 1 is 1.12 bits per heavy atom. The highest BCUT2D eigenvalue weighted by Crippen LogP contribution is 2.34. The van der Waals surface area contributed by atoms with Crippen LogP contribution >= 0.6 is 24.0 Å². The Morgan fingerprint density at radius 2 is 1.69 bits per heavy atom. The van der Waals surface area contributed by atoms with Crippen molar-refractivity contribution < 1.29 is 14.2 Å². The van der Waals surface area contributed by atoms with E-state index >= 15 is 0 Å². The fourth-order valence-corrected chi connectivity index (χ4v) is 3.03. The molecule has 2 rings (SSSR count). The topological polar surface area (TPSA) is 55.3 Å². The zero-order valence-electron chi connectivity index (χ0n) is 16.5. The quantitative estimate of drug-likeness (QED) is 0.386. The molecule has 0 bridgehead atoms. The molecule has 26 heavy (non-hydrogen) atoms. The van der Waals surface area contributed by atoms with Gasteiger partial charge in [-0.3, -0.25) is 0 Å². The van der Waals surface area contributed by atoms with E-state index in [0.29, 0.717) is 12.3 Å². The van der Waals surface area contributed by atoms with E-state index in [9.17, 15) is 0 Å². The average molecular weight is 477 g/mol. The Bertz CT molecular complexity index is 562. The van der Waals surface area contributed by atoms with Crippen LogP contribution in [0.4, 0.5) is 0 Å². The van der Waals surface area contributed by atoms with Gasteiger partial charge >= 0.3 is 0 Å². The van der Waals surface area contributed by atoms with Crippen molar-refractivity contribution in [3.8, 4) is 17.2 Å². The number of halogens is 1. The van der Waals surface area contributed by atoms with Gasteiger partial charge in [0.25, 0.3) is 0 Å². The van der Waals surface area contributed by atoms with Gasteiger partial charge in [-0.15, -0.1) is 24.0 Å². The van der Waals surface area contributed by atoms with Gasteiger partial charge in [0.1, 0.15) is 17.2 Å². The minimum absolute atomic E-state index is 0. The predicted molar refractivity (Wildman–Crippen MR) is 116 cm³/mol. The fraction of sp³-hybridized carbons (Fsp3) is 0.632. The normalized spacial score (nSPS) is 15.3. The van der Waals surface area contributed by atoms with E-state index < -0.39 is 0 Å². The second kappa shape index (κ2) is 11.4. The van der Waals surface area contributed by atoms with Crippen LogP contribution in [0.2, 0.25) is 0 Å². The molecular formula is C19H32IN3O3. The molecule has 0 saturated carbocycles. The molecule has 1 fully saturated rings. The Morgan fingerprint density at radius 3 is 2.15 bits per heavy atom. The molecule has 0 radical (unpaired) electrons. The summed E-state index contributed by atoms with van der Waals surface area (Å²) in [5.74, 6) is 3.90. The van der Waals surface area contributed by atoms with Crippen LogP contribution in [0.1, 0.15) is 32.3 Å². The number of rotatable bonds is 6. The maximum absolute atomic E-state index is 5.52. The number of hydrogen-bond acceptors (Lipinski definition) is 4. The van der Waals surface area contributed by atoms with E-state index in [0.717, 1.165) is 48.6 Å². The first-order valence-electron chi connectivity index (χ1n) is 8.95. The van der Waals surface area contributed by atoms with Crippen molar-refractivity contribution in [3.05, 3.63) is 17.7 Å². The van der Waals surface area contributed by atoms with Crippen molar-refractivity contribution in [3.63, 3.8) is 0 Å². The van der Waals surface area contributed by atoms with E-state index in [4.69, 9.17) is 19.2 Å². The number of hydrogen-bond donors (Lipinski definition) is 1. The summed E-state index contributed by atoms with van der Waals surface area (Å²) >= 11 is 0. The Kier molecular flexibility index (Phi) is 9.90. The number of nitrogens with zero attached hydrogens (tertiary/aromatic N) is 2. The highest BCUT2D eigenvalue weighted by molar-refractivity contribution is 14.0. The molecule has 1 aliphatic heterocycles. The molecule has 1 heterocycles. The predicted octanol–water partition coefficient (Wildman–Crippen LogP) is 3.53. The van der Waals surface area contributed by atoms with Crippen LogP contribution in [0.3, 0.4) is 0 Å². The lowest BCUT2D eigenvalue weighted by atomic mass is 9.99. The number of nitrogens with one attached hydrogen (secondary N) is 1. The SMILES string of the molecule is CCNC(=NCc1c(OC)cc(OC)cc1OC)N1CCC(C)CC1.I. The van der Waals surface area contributed by atoms with E-state index in [1.165, 1.54) is 12.8 Å². The van der Waals surface area contributed by atoms with Crippen LogP contribution in [0.15, 0.2) is 17.1 Å². The van der Waals surface area contributed by atoms with Crippen LogP contribution in [-0.2, 0) is 6.54 Å². The molecule has 1 aromatic rings. The van der Waals surface area contributed by atoms with Gasteiger partial charge in [-0.05, 0) is 25.7 Å². The van der Waals surface area contributed by atoms with Gasteiger partial charge in [-0.25, -0.2) is 4.99 Å². The summed E-state index contributed by atoms with van der Waals surface area (Å²) in [6.45, 7) is 7.84. The van der Waals surface area contributed by atoms with Gasteiger partial charge < -0.3 is 24.4 Å². The van der Waals surface area contributed by atoms with Crippen molar-refractivity contribution in [2.24, 2.45) is 10.9 Å². The molecule has 0 spiro atoms. The van der Waals surface area contributed by atoms with Gasteiger partial charge in [0, 0.05) is 31.8 Å². The summed E-state index contributed by atoms with van der Waals surface area (Å²) in [4.78, 5) is 7.18. The van der Waals surface area contributed by atoms with Gasteiger partial charge in [-0.1, -0.05) is 6.92 Å². The zero-order chi connectivity index (χ0) is 18.2. The van der Waals surface area contributed by atoms with Crippen LogP contribution in [0, 0.1) is 5.92 Å². The molecule has 0 atom stereocenters. The van der Waals surface area contributed by atoms with Crippen molar-refractivity contribution in [1.29, 1.82) is 0 Å². The number of methoxy groups -OCH3 is 3. The maximum atomic E-state index is 5.52. The van der Waals surface area contributed by atoms with E-state index in [1.807, 2.05) is 12.1 Å². The van der Waals surface area contributed by atoms with Crippen molar-refractivity contribution in [2.75, 3.05) is 41.0 Å². The first-order chi connectivity index (χ1) is 12.1. The zero-order valence-corrected chi connectivity index (χ0v) is 18.8. The number of likely N-dealkylation sites (tertiary alicyclic amines) is 1. The maximum Gasteiger partial charge on any atom is 0.194 e. The summed E-state index contributed by atoms with van der Waals surface area (Å²) in [5.41, 5.74) is 0.923. The van der Waals surface area contributed by atoms with Gasteiger partial charge in [0.05, 0.1) is 33.4 Å². The number of piperidine rings is 1. The third-order valence-electron chi connectivity index (χ3n) is 4.62. The molecule has 0 aliphatic carbocycles. The number of benzene rings is 1. The second-order valence-corrected chi connectivity index (χ2v) is 6.35. The van der Waals surface area contributed by atoms with Crippen molar-refractivity contribution in [2.45, 2.75) is 33.2 Å². The molecule has 6 nitrogen and oxygen atoms in total. The first-order valence-corrected chi connectivity index (χ1v) is 8.95. The lowest BCUT2D eigenvalue weighted by molar-refractivity contribution is 0.273. The Hall–Kier alpha value is -1.38. The Balaban J connectivity index is 0.00000338. The molecule has 148 valence electrons. The first kappa shape index (κ1) is 22.7. The van der Waals surface area contributed by atoms with Gasteiger partial charge in [0.15, 0.2) is 5.96 Å². The largest absolute Gasteiger partial charge is 0.496 e. The van der Waals surface area contributed by atoms with E-state index in [-0.39, 0.29) is 24.0 Å². The highest BCUT2D eigenvalue weighted by Gasteiger charge is 2.19. The van der Waals surface area contributed by atoms with Crippen LogP contribution in [0.25, 0.3) is 0 Å². The molecule has 1 saturated heterocycles. The summed E-state index contributed by atoms with van der Waals surface area (Å²) < 4.78 is 16.3. The smallest absolute Gasteiger partial charge is 0.194 e. The van der Waals surface area contributed by atoms with Crippen molar-refractivity contribution >= 4 is 29.9 Å². The molecule has 0 unspecified atom stereocenters. The summed E-state index contributed by atoms with van der Waals surface area (Å²) in [5, 5.41) is 3.40. The minimum atomic E-state index is 0. The molecule has 1 aromatic carbocycles. The average Bonchev–Trinajstić information content (AvgIpc) is 2.65. The number of guanidine groups is 1. The van der Waals surface area contributed by atoms with Gasteiger partial charge in [-0.2, -0.15) is 0 Å². The second-order valence-electron chi connectivity index (χ2n) is 6.35. The van der Waals surface area contributed by atoms with Crippen LogP contribution in [0.5, 0.6) is 17.2 Å². The van der Waals surface area contributed by atoms with E-state index in [1.54, 1.807) is 21.3 Å². The third kappa shape index (κ3) is 5.82. The molecule has 7 heteroatoms. The monoisotopic (exact) mass is 477 g/mol. The molecule has 1 aliphatic rings. The lowest BCUT2D eigenvalue weighted by Gasteiger charge is -2.33. The van der Waals surface area contributed by atoms with Crippen molar-refractivity contribution in [1.82, 2.24) is 10.2 Å². The Labute approximate surface area is 174 Å². The third-order valence-corrected chi connectivity index (χ3v) is 4.62. The summed E-state index contributed by atoms with van der Waals surface area (Å²) in [6.07, 6.45) is 2.42. The number of ether oxygens (including phenoxy) is 3. The molecular weight excluding hydrogens is 445 g/mol. The van der Waals surface area contributed by atoms with Crippen LogP contribution < -0.4 is 19.5 Å². The molecule has 0 amide bonds. The summed E-state index contributed by atoms with van der Waals surface area (Å²) in [7, 11) is 4.93. The fourth-order valence-electron chi connectivity index (χ4n) is 3.03. The highest BCUT2D eigenvalue weighted by atomic mass is 127.